The molecule has 2 bridgehead atoms. The van der Waals surface area contributed by atoms with Crippen molar-refractivity contribution in [2.75, 3.05) is 0 Å². The Hall–Kier alpha value is -12.8. The predicted molar refractivity (Wildman–Crippen MR) is 469 cm³/mol. The van der Waals surface area contributed by atoms with Gasteiger partial charge in [0.2, 0.25) is 0 Å². The second-order valence-electron chi connectivity index (χ2n) is 28.8. The molecule has 0 fully saturated rings. The Kier molecular flexibility index (Phi) is 15.8. The van der Waals surface area contributed by atoms with Gasteiger partial charge in [0, 0.05) is 22.6 Å². The Balaban J connectivity index is 0.860. The first-order valence-electron chi connectivity index (χ1n) is 40.2. The van der Waals surface area contributed by atoms with Crippen LogP contribution in [0.1, 0.15) is 47.9 Å². The highest BCUT2D eigenvalue weighted by atomic mass is 28.3. The summed E-state index contributed by atoms with van der Waals surface area (Å²) in [6.07, 6.45) is 3.98. The van der Waals surface area contributed by atoms with Crippen molar-refractivity contribution in [3.05, 3.63) is 482 Å². The van der Waals surface area contributed by atoms with Crippen molar-refractivity contribution in [2.45, 2.75) is 18.8 Å². The first-order chi connectivity index (χ1) is 56.1. The highest BCUT2D eigenvalue weighted by Gasteiger charge is 2.52. The van der Waals surface area contributed by atoms with E-state index in [1.807, 2.05) is 42.5 Å². The van der Waals surface area contributed by atoms with E-state index in [1.54, 1.807) is 0 Å². The molecule has 0 aliphatic heterocycles. The number of aromatic nitrogens is 1. The van der Waals surface area contributed by atoms with Gasteiger partial charge in [-0.1, -0.05) is 425 Å². The first kappa shape index (κ1) is 61.4. The van der Waals surface area contributed by atoms with Crippen LogP contribution in [0.4, 0.5) is 0 Å². The summed E-state index contributed by atoms with van der Waals surface area (Å²) in [5.41, 5.74) is 16.9. The Morgan fingerprint density at radius 3 is 1.18 bits per heavy atom. The first-order valence-corrected chi connectivity index (χ1v) is 43.7. The van der Waals surface area contributed by atoms with Crippen LogP contribution < -0.4 is 57.1 Å². The van der Waals surface area contributed by atoms with Crippen molar-refractivity contribution in [1.82, 2.24) is 4.57 Å². The number of para-hydroxylation sites is 1. The fraction of sp³-hybridized carbons (Fsp3) is 0.0286. The lowest BCUT2D eigenvalue weighted by molar-refractivity contribution is 0.734. The molecule has 1 nitrogen and oxygen atoms in total. The Morgan fingerprint density at radius 2 is 0.716 bits per heavy atom. The maximum atomic E-state index is 10.1. The molecule has 1 heterocycles. The maximum Gasteiger partial charge on any atom is 0.179 e. The third-order valence-electron chi connectivity index (χ3n) is 23.5. The van der Waals surface area contributed by atoms with Crippen LogP contribution in [0, 0.1) is 0 Å². The topological polar surface area (TPSA) is 4.93 Å². The summed E-state index contributed by atoms with van der Waals surface area (Å²) >= 11 is 0. The molecule has 20 rings (SSSR count). The third kappa shape index (κ3) is 10.8. The molecule has 109 heavy (non-hydrogen) atoms. The highest BCUT2D eigenvalue weighted by molar-refractivity contribution is 7.20. The molecule has 4 heteroatoms. The fourth-order valence-corrected chi connectivity index (χ4v) is 33.6. The van der Waals surface area contributed by atoms with Gasteiger partial charge in [-0.05, 0) is 155 Å². The van der Waals surface area contributed by atoms with Crippen molar-refractivity contribution in [1.29, 1.82) is 0 Å². The van der Waals surface area contributed by atoms with Gasteiger partial charge in [0.05, 0.1) is 23.6 Å². The standard InChI is InChI=1S/C105H79NSi3/c1-3-39-100(109(85-54-25-10-26-55-85,86-56-27-11-28-57-86)87-58-29-12-30-59-87)102-75(2)101-93-63-31-32-64-94(93)105(102)104-95(101)67-38-69-99(104)106-97-68-34-33-62-92(97)96-74-78(70-71-98(96)106)103-90(76-40-35-60-88(72-76)107(79-42-13-4-14-43-79,80-44-15-5-16-45-80)81-46-17-6-18-47-81)65-37-66-91(103)77-41-36-61-89(73-77)108(82-48-19-7-20-49-82,83-50-21-8-22-51-83)84-52-23-9-24-53-84/h3-74,101,105H,1H2,2H3/b100-39+/i10D,25D,26D,54D,55D. The van der Waals surface area contributed by atoms with E-state index in [2.05, 4.69) is 382 Å². The Bertz CT molecular complexity index is 6180. The zero-order chi connectivity index (χ0) is 77.2. The van der Waals surface area contributed by atoms with E-state index in [0.717, 1.165) is 87.6 Å². The number of hydrogen-bond donors (Lipinski definition) is 0. The van der Waals surface area contributed by atoms with E-state index in [-0.39, 0.29) is 36.0 Å². The zero-order valence-corrected chi connectivity index (χ0v) is 63.5. The molecule has 0 spiro atoms. The second-order valence-corrected chi connectivity index (χ2v) is 40.2. The van der Waals surface area contributed by atoms with Crippen LogP contribution >= 0.6 is 0 Å². The molecule has 2 atom stereocenters. The number of nitrogens with zero attached hydrogens (tertiary/aromatic N) is 1. The van der Waals surface area contributed by atoms with Crippen LogP contribution in [0.3, 0.4) is 0 Å². The average molecular weight is 1440 g/mol. The Labute approximate surface area is 649 Å². The summed E-state index contributed by atoms with van der Waals surface area (Å²) in [6.45, 7) is 6.75. The summed E-state index contributed by atoms with van der Waals surface area (Å²) in [7, 11) is -10.1. The van der Waals surface area contributed by atoms with E-state index in [0.29, 0.717) is 5.19 Å². The summed E-state index contributed by atoms with van der Waals surface area (Å²) in [5.74, 6) is -0.583. The van der Waals surface area contributed by atoms with Gasteiger partial charge in [0.25, 0.3) is 0 Å². The smallest absolute Gasteiger partial charge is 0.179 e. The molecule has 3 aliphatic carbocycles. The fourth-order valence-electron chi connectivity index (χ4n) is 19.2. The number of rotatable bonds is 18. The van der Waals surface area contributed by atoms with Gasteiger partial charge in [-0.15, -0.1) is 0 Å². The molecule has 0 radical (unpaired) electrons. The van der Waals surface area contributed by atoms with Crippen molar-refractivity contribution >= 4 is 103 Å². The van der Waals surface area contributed by atoms with E-state index in [1.165, 1.54) is 63.7 Å². The maximum absolute atomic E-state index is 10.1. The van der Waals surface area contributed by atoms with Crippen LogP contribution in [-0.2, 0) is 0 Å². The highest BCUT2D eigenvalue weighted by Crippen LogP contribution is 2.60. The Morgan fingerprint density at radius 1 is 0.330 bits per heavy atom. The molecule has 1 aromatic heterocycles. The minimum absolute atomic E-state index is 0.198. The number of fused-ring (bicyclic) bond motifs is 3. The van der Waals surface area contributed by atoms with Crippen molar-refractivity contribution < 1.29 is 6.85 Å². The zero-order valence-electron chi connectivity index (χ0n) is 65.5. The normalized spacial score (nSPS) is 14.8. The summed E-state index contributed by atoms with van der Waals surface area (Å²) in [6, 6.07) is 144. The molecule has 0 saturated heterocycles. The molecule has 3 aliphatic rings. The average Bonchev–Trinajstić information content (AvgIpc) is 1.40. The van der Waals surface area contributed by atoms with Gasteiger partial charge in [-0.2, -0.15) is 0 Å². The van der Waals surface area contributed by atoms with Gasteiger partial charge in [0.15, 0.2) is 24.2 Å². The van der Waals surface area contributed by atoms with Crippen molar-refractivity contribution in [3.63, 3.8) is 0 Å². The number of benzene rings is 16. The molecule has 17 aromatic rings. The monoisotopic (exact) mass is 1440 g/mol. The lowest BCUT2D eigenvalue weighted by atomic mass is 9.60. The van der Waals surface area contributed by atoms with Crippen LogP contribution in [0.2, 0.25) is 0 Å². The summed E-state index contributed by atoms with van der Waals surface area (Å²) < 4.78 is 50.6. The lowest BCUT2D eigenvalue weighted by Crippen LogP contribution is -2.74. The van der Waals surface area contributed by atoms with Crippen LogP contribution in [0.25, 0.3) is 60.9 Å². The minimum atomic E-state index is -4.02. The third-order valence-corrected chi connectivity index (χ3v) is 37.7. The second kappa shape index (κ2) is 28.2. The molecule has 0 amide bonds. The minimum Gasteiger partial charge on any atom is -0.309 e. The van der Waals surface area contributed by atoms with Gasteiger partial charge in [-0.3, -0.25) is 0 Å². The van der Waals surface area contributed by atoms with Crippen molar-refractivity contribution in [2.24, 2.45) is 0 Å². The predicted octanol–water partition coefficient (Wildman–Crippen LogP) is 18.3. The van der Waals surface area contributed by atoms with Gasteiger partial charge in [0.1, 0.15) is 0 Å². The van der Waals surface area contributed by atoms with E-state index in [4.69, 9.17) is 1.37 Å². The SMILES string of the molecule is [2H]c1c([2H])c([2H])c([Si](/C(=C/C=C)C2=C(C)C3c4ccccc4C2c2c3cccc2-n2c3ccccc3c3cc(-c4c(-c5cccc([Si](c6ccccc6)(c6ccccc6)c6ccccc6)c5)cccc4-c4cccc([Si](c5ccccc5)(c5ccccc5)c5ccccc5)c4)ccc32)(c2ccccc2)c2ccccc2)c([2H])c1[2H]. The van der Waals surface area contributed by atoms with E-state index < -0.39 is 30.3 Å². The molecular weight excluding hydrogens is 1360 g/mol. The van der Waals surface area contributed by atoms with Gasteiger partial charge < -0.3 is 4.57 Å². The summed E-state index contributed by atoms with van der Waals surface area (Å²) in [5, 5.41) is 15.7. The number of allylic oxidation sites excluding steroid dienone is 5. The molecule has 2 unspecified atom stereocenters. The summed E-state index contributed by atoms with van der Waals surface area (Å²) in [4.78, 5) is 0. The van der Waals surface area contributed by atoms with Crippen LogP contribution in [-0.4, -0.2) is 28.8 Å². The van der Waals surface area contributed by atoms with Gasteiger partial charge in [-0.25, -0.2) is 0 Å². The lowest BCUT2D eigenvalue weighted by Gasteiger charge is -2.48. The molecule has 0 N–H and O–H groups in total. The largest absolute Gasteiger partial charge is 0.309 e. The van der Waals surface area contributed by atoms with E-state index in [9.17, 15) is 5.48 Å². The quantitative estimate of drug-likeness (QED) is 0.0458. The van der Waals surface area contributed by atoms with Crippen LogP contribution in [0.5, 0.6) is 0 Å². The van der Waals surface area contributed by atoms with Gasteiger partial charge >= 0.3 is 0 Å². The van der Waals surface area contributed by atoms with E-state index >= 15 is 0 Å². The number of hydrogen-bond acceptors (Lipinski definition) is 0. The molecule has 516 valence electrons. The van der Waals surface area contributed by atoms with Crippen molar-refractivity contribution in [3.8, 4) is 39.1 Å². The molecule has 16 aromatic carbocycles. The molecular formula is C105H79NSi3. The molecule has 0 saturated carbocycles. The van der Waals surface area contributed by atoms with Crippen LogP contribution in [0.15, 0.2) is 460 Å².